The third-order valence-electron chi connectivity index (χ3n) is 3.03. The highest BCUT2D eigenvalue weighted by Gasteiger charge is 2.29. The molecule has 0 aliphatic carbocycles. The van der Waals surface area contributed by atoms with Gasteiger partial charge in [0, 0.05) is 13.1 Å². The molecule has 0 unspecified atom stereocenters. The Bertz CT molecular complexity index is 857. The van der Waals surface area contributed by atoms with E-state index in [9.17, 15) is 27.3 Å². The van der Waals surface area contributed by atoms with Crippen molar-refractivity contribution in [2.24, 2.45) is 0 Å². The second-order valence-corrected chi connectivity index (χ2v) is 6.47. The van der Waals surface area contributed by atoms with Gasteiger partial charge in [-0.3, -0.25) is 10.1 Å². The zero-order valence-electron chi connectivity index (χ0n) is 12.2. The number of sulfone groups is 1. The van der Waals surface area contributed by atoms with Gasteiger partial charge < -0.3 is 10.6 Å². The molecule has 0 amide bonds. The van der Waals surface area contributed by atoms with Crippen molar-refractivity contribution in [1.29, 1.82) is 0 Å². The molecule has 2 aromatic rings. The summed E-state index contributed by atoms with van der Waals surface area (Å²) in [5.41, 5.74) is -0.289. The number of nitrogens with one attached hydrogen (secondary N) is 2. The molecule has 1 heterocycles. The Kier molecular flexibility index (Phi) is 4.93. The lowest BCUT2D eigenvalue weighted by molar-refractivity contribution is -0.384. The minimum absolute atomic E-state index is 0.0489. The van der Waals surface area contributed by atoms with Crippen LogP contribution in [0.4, 0.5) is 31.7 Å². The Morgan fingerprint density at radius 3 is 2.46 bits per heavy atom. The van der Waals surface area contributed by atoms with E-state index in [0.717, 1.165) is 12.1 Å². The monoisotopic (exact) mass is 358 g/mol. The summed E-state index contributed by atoms with van der Waals surface area (Å²) in [6.45, 7) is 0. The SMILES string of the molecule is CNc1ccc(Nc2ccc(S(=O)(=O)C(F)F)cc2[N+](=O)[O-])cn1. The predicted molar refractivity (Wildman–Crippen MR) is 83.4 cm³/mol. The number of alkyl halides is 2. The van der Waals surface area contributed by atoms with Gasteiger partial charge in [-0.2, -0.15) is 8.78 Å². The van der Waals surface area contributed by atoms with Gasteiger partial charge >= 0.3 is 5.76 Å². The minimum Gasteiger partial charge on any atom is -0.373 e. The second-order valence-electron chi connectivity index (χ2n) is 4.55. The topological polar surface area (TPSA) is 114 Å². The van der Waals surface area contributed by atoms with E-state index in [2.05, 4.69) is 15.6 Å². The molecular formula is C13H12F2N4O4S. The summed E-state index contributed by atoms with van der Waals surface area (Å²) >= 11 is 0. The molecule has 2 N–H and O–H groups in total. The van der Waals surface area contributed by atoms with Crippen LogP contribution in [0.5, 0.6) is 0 Å². The Balaban J connectivity index is 2.41. The van der Waals surface area contributed by atoms with Gasteiger partial charge in [0.1, 0.15) is 11.5 Å². The number of anilines is 3. The Labute approximate surface area is 135 Å². The van der Waals surface area contributed by atoms with Crippen LogP contribution in [0.15, 0.2) is 41.4 Å². The lowest BCUT2D eigenvalue weighted by Crippen LogP contribution is -2.12. The number of nitro groups is 1. The zero-order chi connectivity index (χ0) is 17.9. The van der Waals surface area contributed by atoms with E-state index in [1.807, 2.05) is 0 Å². The van der Waals surface area contributed by atoms with Gasteiger partial charge in [0.05, 0.1) is 21.7 Å². The van der Waals surface area contributed by atoms with Crippen LogP contribution in [0.2, 0.25) is 0 Å². The zero-order valence-corrected chi connectivity index (χ0v) is 13.0. The van der Waals surface area contributed by atoms with Gasteiger partial charge in [-0.15, -0.1) is 0 Å². The van der Waals surface area contributed by atoms with Crippen molar-refractivity contribution >= 4 is 32.7 Å². The number of rotatable bonds is 6. The molecule has 0 aliphatic rings. The standard InChI is InChI=1S/C13H12F2N4O4S/c1-16-12-5-2-8(7-17-12)18-10-4-3-9(6-11(10)19(20)21)24(22,23)13(14)15/h2-7,13,18H,1H3,(H,16,17). The fourth-order valence-electron chi connectivity index (χ4n) is 1.82. The van der Waals surface area contributed by atoms with Gasteiger partial charge in [-0.05, 0) is 24.3 Å². The molecule has 2 rings (SSSR count). The number of nitrogens with zero attached hydrogens (tertiary/aromatic N) is 2. The first-order valence-electron chi connectivity index (χ1n) is 6.47. The maximum atomic E-state index is 12.6. The number of hydrogen-bond donors (Lipinski definition) is 2. The first-order chi connectivity index (χ1) is 11.3. The van der Waals surface area contributed by atoms with Crippen LogP contribution in [0.3, 0.4) is 0 Å². The molecule has 0 radical (unpaired) electrons. The third-order valence-corrected chi connectivity index (χ3v) is 4.41. The summed E-state index contributed by atoms with van der Waals surface area (Å²) in [5, 5.41) is 16.6. The number of pyridine rings is 1. The average molecular weight is 358 g/mol. The maximum Gasteiger partial charge on any atom is 0.341 e. The highest BCUT2D eigenvalue weighted by atomic mass is 32.2. The van der Waals surface area contributed by atoms with Crippen LogP contribution in [0.25, 0.3) is 0 Å². The lowest BCUT2D eigenvalue weighted by atomic mass is 10.2. The van der Waals surface area contributed by atoms with Gasteiger partial charge in [0.15, 0.2) is 0 Å². The van der Waals surface area contributed by atoms with Crippen molar-refractivity contribution in [1.82, 2.24) is 4.98 Å². The summed E-state index contributed by atoms with van der Waals surface area (Å²) in [6.07, 6.45) is 1.40. The van der Waals surface area contributed by atoms with Crippen molar-refractivity contribution in [3.05, 3.63) is 46.6 Å². The number of benzene rings is 1. The minimum atomic E-state index is -4.92. The molecule has 24 heavy (non-hydrogen) atoms. The van der Waals surface area contributed by atoms with Crippen LogP contribution in [0, 0.1) is 10.1 Å². The molecule has 0 atom stereocenters. The summed E-state index contributed by atoms with van der Waals surface area (Å²) in [7, 11) is -3.25. The molecule has 0 saturated carbocycles. The summed E-state index contributed by atoms with van der Waals surface area (Å²) in [5.74, 6) is -3.08. The van der Waals surface area contributed by atoms with Crippen LogP contribution < -0.4 is 10.6 Å². The fourth-order valence-corrected chi connectivity index (χ4v) is 2.56. The number of hydrogen-bond acceptors (Lipinski definition) is 7. The molecule has 1 aromatic carbocycles. The van der Waals surface area contributed by atoms with Crippen molar-refractivity contribution in [2.45, 2.75) is 10.7 Å². The lowest BCUT2D eigenvalue weighted by Gasteiger charge is -2.09. The summed E-state index contributed by atoms with van der Waals surface area (Å²) in [4.78, 5) is 13.4. The van der Waals surface area contributed by atoms with E-state index in [1.54, 1.807) is 19.2 Å². The van der Waals surface area contributed by atoms with E-state index >= 15 is 0 Å². The summed E-state index contributed by atoms with van der Waals surface area (Å²) in [6, 6.07) is 5.74. The van der Waals surface area contributed by atoms with Crippen LogP contribution in [0.1, 0.15) is 0 Å². The van der Waals surface area contributed by atoms with Crippen LogP contribution in [-0.2, 0) is 9.84 Å². The summed E-state index contributed by atoms with van der Waals surface area (Å²) < 4.78 is 48.0. The van der Waals surface area contributed by atoms with Crippen molar-refractivity contribution in [3.63, 3.8) is 0 Å². The van der Waals surface area contributed by atoms with E-state index in [1.165, 1.54) is 6.20 Å². The van der Waals surface area contributed by atoms with Crippen molar-refractivity contribution in [2.75, 3.05) is 17.7 Å². The second kappa shape index (κ2) is 6.74. The average Bonchev–Trinajstić information content (AvgIpc) is 2.55. The van der Waals surface area contributed by atoms with Gasteiger partial charge in [-0.25, -0.2) is 13.4 Å². The molecule has 0 bridgehead atoms. The van der Waals surface area contributed by atoms with Gasteiger partial charge in [0.25, 0.3) is 5.69 Å². The molecule has 8 nitrogen and oxygen atoms in total. The quantitative estimate of drug-likeness (QED) is 0.603. The van der Waals surface area contributed by atoms with Gasteiger partial charge in [-0.1, -0.05) is 0 Å². The molecular weight excluding hydrogens is 346 g/mol. The Morgan fingerprint density at radius 1 is 1.25 bits per heavy atom. The number of aromatic nitrogens is 1. The van der Waals surface area contributed by atoms with E-state index in [-0.39, 0.29) is 5.69 Å². The molecule has 0 spiro atoms. The Hall–Kier alpha value is -2.82. The predicted octanol–water partition coefficient (Wildman–Crippen LogP) is 2.77. The van der Waals surface area contributed by atoms with Crippen LogP contribution >= 0.6 is 0 Å². The molecule has 1 aromatic heterocycles. The van der Waals surface area contributed by atoms with E-state index in [0.29, 0.717) is 17.6 Å². The smallest absolute Gasteiger partial charge is 0.341 e. The highest BCUT2D eigenvalue weighted by Crippen LogP contribution is 2.31. The Morgan fingerprint density at radius 2 is 1.96 bits per heavy atom. The van der Waals surface area contributed by atoms with E-state index < -0.39 is 31.1 Å². The number of halogens is 2. The van der Waals surface area contributed by atoms with E-state index in [4.69, 9.17) is 0 Å². The molecule has 0 fully saturated rings. The number of nitro benzene ring substituents is 1. The first kappa shape index (κ1) is 17.5. The molecule has 0 aliphatic heterocycles. The normalized spacial score (nSPS) is 11.3. The van der Waals surface area contributed by atoms with Gasteiger partial charge in [0.2, 0.25) is 9.84 Å². The maximum absolute atomic E-state index is 12.6. The largest absolute Gasteiger partial charge is 0.373 e. The first-order valence-corrected chi connectivity index (χ1v) is 8.01. The van der Waals surface area contributed by atoms with Crippen LogP contribution in [-0.4, -0.2) is 31.1 Å². The molecule has 128 valence electrons. The molecule has 0 saturated heterocycles. The third kappa shape index (κ3) is 3.56. The fraction of sp³-hybridized carbons (Fsp3) is 0.154. The van der Waals surface area contributed by atoms with Crippen molar-refractivity contribution in [3.8, 4) is 0 Å². The molecule has 11 heteroatoms. The van der Waals surface area contributed by atoms with Crippen molar-refractivity contribution < 1.29 is 22.1 Å². The highest BCUT2D eigenvalue weighted by molar-refractivity contribution is 7.91.